The maximum absolute atomic E-state index is 4.43. The molecule has 1 N–H and O–H groups in total. The summed E-state index contributed by atoms with van der Waals surface area (Å²) in [6.45, 7) is 4.69. The zero-order valence-corrected chi connectivity index (χ0v) is 9.11. The lowest BCUT2D eigenvalue weighted by Crippen LogP contribution is -2.26. The van der Waals surface area contributed by atoms with Crippen LogP contribution in [0.2, 0.25) is 0 Å². The van der Waals surface area contributed by atoms with Crippen LogP contribution < -0.4 is 5.32 Å². The minimum atomic E-state index is 0.729. The summed E-state index contributed by atoms with van der Waals surface area (Å²) in [7, 11) is 0. The number of amidine groups is 1. The lowest BCUT2D eigenvalue weighted by atomic mass is 10.2. The molecule has 1 aromatic rings. The highest BCUT2D eigenvalue weighted by atomic mass is 15.3. The van der Waals surface area contributed by atoms with Gasteiger partial charge in [-0.15, -0.1) is 10.2 Å². The van der Waals surface area contributed by atoms with Gasteiger partial charge in [-0.3, -0.25) is 4.99 Å². The van der Waals surface area contributed by atoms with E-state index in [1.54, 1.807) is 6.33 Å². The molecule has 15 heavy (non-hydrogen) atoms. The SMILES string of the molecule is CCn1cnnc1CNC1=NCCCC1. The van der Waals surface area contributed by atoms with E-state index in [1.807, 2.05) is 4.57 Å². The van der Waals surface area contributed by atoms with E-state index in [4.69, 9.17) is 0 Å². The van der Waals surface area contributed by atoms with Crippen LogP contribution in [0.5, 0.6) is 0 Å². The Kier molecular flexibility index (Phi) is 3.32. The van der Waals surface area contributed by atoms with E-state index in [9.17, 15) is 0 Å². The third kappa shape index (κ3) is 2.55. The molecular formula is C10H17N5. The first kappa shape index (κ1) is 10.1. The third-order valence-corrected chi connectivity index (χ3v) is 2.61. The van der Waals surface area contributed by atoms with Crippen molar-refractivity contribution in [2.24, 2.45) is 4.99 Å². The Morgan fingerprint density at radius 2 is 2.40 bits per heavy atom. The molecule has 82 valence electrons. The van der Waals surface area contributed by atoms with Crippen LogP contribution in [-0.2, 0) is 13.1 Å². The molecule has 0 saturated heterocycles. The summed E-state index contributed by atoms with van der Waals surface area (Å²) in [6, 6.07) is 0. The zero-order chi connectivity index (χ0) is 10.5. The van der Waals surface area contributed by atoms with Crippen LogP contribution in [0, 0.1) is 0 Å². The van der Waals surface area contributed by atoms with Crippen molar-refractivity contribution in [2.75, 3.05) is 6.54 Å². The molecule has 0 fully saturated rings. The molecule has 0 radical (unpaired) electrons. The lowest BCUT2D eigenvalue weighted by Gasteiger charge is -2.13. The van der Waals surface area contributed by atoms with E-state index in [0.29, 0.717) is 0 Å². The number of aliphatic imine (C=N–C) groups is 1. The Bertz CT molecular complexity index is 341. The Balaban J connectivity index is 1.89. The molecular weight excluding hydrogens is 190 g/mol. The summed E-state index contributed by atoms with van der Waals surface area (Å²) >= 11 is 0. The number of nitrogens with zero attached hydrogens (tertiary/aromatic N) is 4. The highest BCUT2D eigenvalue weighted by molar-refractivity contribution is 5.82. The molecule has 0 bridgehead atoms. The fourth-order valence-corrected chi connectivity index (χ4v) is 1.70. The zero-order valence-electron chi connectivity index (χ0n) is 9.11. The van der Waals surface area contributed by atoms with Crippen molar-refractivity contribution < 1.29 is 0 Å². The summed E-state index contributed by atoms with van der Waals surface area (Å²) in [5.41, 5.74) is 0. The monoisotopic (exact) mass is 207 g/mol. The van der Waals surface area contributed by atoms with Crippen LogP contribution in [0.3, 0.4) is 0 Å². The van der Waals surface area contributed by atoms with Gasteiger partial charge in [-0.1, -0.05) is 0 Å². The molecule has 0 unspecified atom stereocenters. The molecule has 2 rings (SSSR count). The molecule has 5 nitrogen and oxygen atoms in total. The summed E-state index contributed by atoms with van der Waals surface area (Å²) in [5, 5.41) is 11.3. The van der Waals surface area contributed by atoms with Gasteiger partial charge in [0.15, 0.2) is 5.82 Å². The van der Waals surface area contributed by atoms with Crippen molar-refractivity contribution in [3.05, 3.63) is 12.2 Å². The van der Waals surface area contributed by atoms with Gasteiger partial charge in [-0.05, 0) is 19.8 Å². The van der Waals surface area contributed by atoms with Crippen molar-refractivity contribution in [1.82, 2.24) is 20.1 Å². The largest absolute Gasteiger partial charge is 0.367 e. The van der Waals surface area contributed by atoms with Crippen molar-refractivity contribution in [1.29, 1.82) is 0 Å². The predicted molar refractivity (Wildman–Crippen MR) is 58.7 cm³/mol. The molecule has 0 atom stereocenters. The second-order valence-electron chi connectivity index (χ2n) is 3.67. The molecule has 0 amide bonds. The van der Waals surface area contributed by atoms with Gasteiger partial charge < -0.3 is 9.88 Å². The average molecular weight is 207 g/mol. The average Bonchev–Trinajstić information content (AvgIpc) is 2.75. The van der Waals surface area contributed by atoms with Crippen molar-refractivity contribution in [3.8, 4) is 0 Å². The molecule has 0 aromatic carbocycles. The van der Waals surface area contributed by atoms with Crippen LogP contribution in [0.4, 0.5) is 0 Å². The van der Waals surface area contributed by atoms with E-state index in [-0.39, 0.29) is 0 Å². The standard InChI is InChI=1S/C10H17N5/c1-2-15-8-13-14-10(15)7-12-9-5-3-4-6-11-9/h8H,2-7H2,1H3,(H,11,12). The second kappa shape index (κ2) is 4.91. The lowest BCUT2D eigenvalue weighted by molar-refractivity contribution is 0.658. The van der Waals surface area contributed by atoms with Crippen LogP contribution in [0.1, 0.15) is 32.0 Å². The number of aromatic nitrogens is 3. The first-order chi connectivity index (χ1) is 7.40. The fraction of sp³-hybridized carbons (Fsp3) is 0.700. The third-order valence-electron chi connectivity index (χ3n) is 2.61. The van der Waals surface area contributed by atoms with Gasteiger partial charge >= 0.3 is 0 Å². The highest BCUT2D eigenvalue weighted by Crippen LogP contribution is 2.04. The summed E-state index contributed by atoms with van der Waals surface area (Å²) in [4.78, 5) is 4.43. The first-order valence-electron chi connectivity index (χ1n) is 5.54. The maximum atomic E-state index is 4.43. The van der Waals surface area contributed by atoms with Gasteiger partial charge in [-0.25, -0.2) is 0 Å². The number of hydrogen-bond donors (Lipinski definition) is 1. The minimum absolute atomic E-state index is 0.729. The Labute approximate surface area is 89.6 Å². The summed E-state index contributed by atoms with van der Waals surface area (Å²) < 4.78 is 2.04. The van der Waals surface area contributed by atoms with Gasteiger partial charge in [-0.2, -0.15) is 0 Å². The van der Waals surface area contributed by atoms with Crippen molar-refractivity contribution >= 4 is 5.84 Å². The van der Waals surface area contributed by atoms with E-state index < -0.39 is 0 Å². The molecule has 0 spiro atoms. The molecule has 1 aliphatic rings. The Hall–Kier alpha value is -1.39. The van der Waals surface area contributed by atoms with Gasteiger partial charge in [0, 0.05) is 19.5 Å². The Morgan fingerprint density at radius 1 is 1.47 bits per heavy atom. The molecule has 0 aliphatic carbocycles. The quantitative estimate of drug-likeness (QED) is 0.803. The minimum Gasteiger partial charge on any atom is -0.367 e. The highest BCUT2D eigenvalue weighted by Gasteiger charge is 2.06. The van der Waals surface area contributed by atoms with Gasteiger partial charge in [0.05, 0.1) is 12.4 Å². The topological polar surface area (TPSA) is 55.1 Å². The van der Waals surface area contributed by atoms with E-state index in [2.05, 4.69) is 27.4 Å². The predicted octanol–water partition coefficient (Wildman–Crippen LogP) is 0.970. The van der Waals surface area contributed by atoms with Crippen LogP contribution >= 0.6 is 0 Å². The maximum Gasteiger partial charge on any atom is 0.152 e. The van der Waals surface area contributed by atoms with Crippen LogP contribution in [0.25, 0.3) is 0 Å². The van der Waals surface area contributed by atoms with Gasteiger partial charge in [0.2, 0.25) is 0 Å². The summed E-state index contributed by atoms with van der Waals surface area (Å²) in [5.74, 6) is 2.10. The second-order valence-corrected chi connectivity index (χ2v) is 3.67. The fourth-order valence-electron chi connectivity index (χ4n) is 1.70. The Morgan fingerprint density at radius 3 is 3.13 bits per heavy atom. The van der Waals surface area contributed by atoms with E-state index in [1.165, 1.54) is 12.8 Å². The van der Waals surface area contributed by atoms with Crippen LogP contribution in [0.15, 0.2) is 11.3 Å². The molecule has 1 aliphatic heterocycles. The number of aryl methyl sites for hydroxylation is 1. The van der Waals surface area contributed by atoms with Gasteiger partial charge in [0.1, 0.15) is 6.33 Å². The molecule has 2 heterocycles. The van der Waals surface area contributed by atoms with E-state index >= 15 is 0 Å². The van der Waals surface area contributed by atoms with Gasteiger partial charge in [0.25, 0.3) is 0 Å². The number of rotatable bonds is 3. The normalized spacial score (nSPS) is 16.2. The number of hydrogen-bond acceptors (Lipinski definition) is 4. The smallest absolute Gasteiger partial charge is 0.152 e. The molecule has 0 saturated carbocycles. The van der Waals surface area contributed by atoms with Crippen molar-refractivity contribution in [2.45, 2.75) is 39.3 Å². The first-order valence-corrected chi connectivity index (χ1v) is 5.54. The molecule has 5 heteroatoms. The molecule has 1 aromatic heterocycles. The number of nitrogens with one attached hydrogen (secondary N) is 1. The van der Waals surface area contributed by atoms with Crippen molar-refractivity contribution in [3.63, 3.8) is 0 Å². The van der Waals surface area contributed by atoms with E-state index in [0.717, 1.165) is 37.7 Å². The summed E-state index contributed by atoms with van der Waals surface area (Å²) in [6.07, 6.45) is 5.29. The van der Waals surface area contributed by atoms with Crippen LogP contribution in [-0.4, -0.2) is 27.1 Å².